The molecule has 0 aliphatic heterocycles. The molecular weight excluding hydrogens is 206 g/mol. The van der Waals surface area contributed by atoms with E-state index in [1.54, 1.807) is 12.1 Å². The van der Waals surface area contributed by atoms with Crippen LogP contribution in [0.15, 0.2) is 18.2 Å². The first-order valence-electron chi connectivity index (χ1n) is 5.54. The normalized spacial score (nSPS) is 14.8. The van der Waals surface area contributed by atoms with E-state index in [0.29, 0.717) is 11.5 Å². The maximum atomic E-state index is 12.7. The Morgan fingerprint density at radius 2 is 2.12 bits per heavy atom. The quantitative estimate of drug-likeness (QED) is 0.659. The van der Waals surface area contributed by atoms with Gasteiger partial charge in [-0.2, -0.15) is 0 Å². The van der Waals surface area contributed by atoms with E-state index in [0.717, 1.165) is 12.0 Å². The molecule has 0 radical (unpaired) electrons. The minimum Gasteiger partial charge on any atom is -0.205 e. The largest absolute Gasteiger partial charge is 0.265 e. The SMILES string of the molecule is Cc1ccc(C(F)F)c(C#CCC2CC2)c1. The number of halogens is 2. The van der Waals surface area contributed by atoms with E-state index in [1.807, 2.05) is 6.92 Å². The molecule has 16 heavy (non-hydrogen) atoms. The van der Waals surface area contributed by atoms with Crippen molar-refractivity contribution >= 4 is 0 Å². The molecule has 0 N–H and O–H groups in total. The molecule has 2 rings (SSSR count). The summed E-state index contributed by atoms with van der Waals surface area (Å²) in [6.07, 6.45) is 0.885. The predicted molar refractivity (Wildman–Crippen MR) is 60.4 cm³/mol. The van der Waals surface area contributed by atoms with Gasteiger partial charge in [0.2, 0.25) is 0 Å². The summed E-state index contributed by atoms with van der Waals surface area (Å²) in [5, 5.41) is 0. The third-order valence-corrected chi connectivity index (χ3v) is 2.75. The third kappa shape index (κ3) is 2.82. The summed E-state index contributed by atoms with van der Waals surface area (Å²) in [6.45, 7) is 1.89. The summed E-state index contributed by atoms with van der Waals surface area (Å²) in [6, 6.07) is 4.91. The van der Waals surface area contributed by atoms with E-state index in [-0.39, 0.29) is 5.56 Å². The lowest BCUT2D eigenvalue weighted by Crippen LogP contribution is -1.91. The lowest BCUT2D eigenvalue weighted by molar-refractivity contribution is 0.151. The number of hydrogen-bond acceptors (Lipinski definition) is 0. The Morgan fingerprint density at radius 3 is 2.75 bits per heavy atom. The summed E-state index contributed by atoms with van der Waals surface area (Å²) in [5.41, 5.74) is 1.50. The second-order valence-corrected chi connectivity index (χ2v) is 4.34. The van der Waals surface area contributed by atoms with Crippen LogP contribution in [-0.2, 0) is 0 Å². The van der Waals surface area contributed by atoms with Gasteiger partial charge in [-0.15, -0.1) is 0 Å². The van der Waals surface area contributed by atoms with Gasteiger partial charge in [0.05, 0.1) is 0 Å². The van der Waals surface area contributed by atoms with Crippen LogP contribution in [0, 0.1) is 24.7 Å². The van der Waals surface area contributed by atoms with Gasteiger partial charge in [0.25, 0.3) is 6.43 Å². The van der Waals surface area contributed by atoms with Crippen LogP contribution in [-0.4, -0.2) is 0 Å². The number of alkyl halides is 2. The molecule has 1 aromatic carbocycles. The molecule has 1 aliphatic carbocycles. The highest BCUT2D eigenvalue weighted by Crippen LogP contribution is 2.31. The highest BCUT2D eigenvalue weighted by Gasteiger charge is 2.19. The number of rotatable bonds is 2. The molecule has 0 unspecified atom stereocenters. The minimum absolute atomic E-state index is 0.0499. The minimum atomic E-state index is -2.44. The average molecular weight is 220 g/mol. The van der Waals surface area contributed by atoms with Crippen LogP contribution in [0.3, 0.4) is 0 Å². The van der Waals surface area contributed by atoms with Crippen molar-refractivity contribution in [2.24, 2.45) is 5.92 Å². The standard InChI is InChI=1S/C14H14F2/c1-10-5-8-13(14(15)16)12(9-10)4-2-3-11-6-7-11/h5,8-9,11,14H,3,6-7H2,1H3. The highest BCUT2D eigenvalue weighted by molar-refractivity contribution is 5.44. The highest BCUT2D eigenvalue weighted by atomic mass is 19.3. The van der Waals surface area contributed by atoms with Gasteiger partial charge in [-0.3, -0.25) is 0 Å². The zero-order valence-electron chi connectivity index (χ0n) is 9.26. The fourth-order valence-electron chi connectivity index (χ4n) is 1.58. The first-order chi connectivity index (χ1) is 7.66. The summed E-state index contributed by atoms with van der Waals surface area (Å²) in [5.74, 6) is 6.59. The second kappa shape index (κ2) is 4.65. The van der Waals surface area contributed by atoms with Crippen molar-refractivity contribution in [3.8, 4) is 11.8 Å². The molecule has 0 nitrogen and oxygen atoms in total. The Labute approximate surface area is 94.7 Å². The summed E-state index contributed by atoms with van der Waals surface area (Å²) >= 11 is 0. The molecule has 0 spiro atoms. The molecule has 0 heterocycles. The molecule has 2 heteroatoms. The predicted octanol–water partition coefficient (Wildman–Crippen LogP) is 4.08. The van der Waals surface area contributed by atoms with Crippen LogP contribution < -0.4 is 0 Å². The molecule has 1 fully saturated rings. The Kier molecular flexibility index (Phi) is 3.24. The Morgan fingerprint density at radius 1 is 1.38 bits per heavy atom. The molecular formula is C14H14F2. The smallest absolute Gasteiger partial charge is 0.205 e. The van der Waals surface area contributed by atoms with Gasteiger partial charge in [-0.05, 0) is 37.3 Å². The van der Waals surface area contributed by atoms with Crippen molar-refractivity contribution in [3.63, 3.8) is 0 Å². The average Bonchev–Trinajstić information content (AvgIpc) is 3.01. The van der Waals surface area contributed by atoms with Crippen LogP contribution in [0.25, 0.3) is 0 Å². The molecule has 0 bridgehead atoms. The van der Waals surface area contributed by atoms with E-state index < -0.39 is 6.43 Å². The van der Waals surface area contributed by atoms with Crippen LogP contribution in [0.2, 0.25) is 0 Å². The van der Waals surface area contributed by atoms with Crippen molar-refractivity contribution in [1.82, 2.24) is 0 Å². The van der Waals surface area contributed by atoms with Gasteiger partial charge in [-0.1, -0.05) is 24.0 Å². The van der Waals surface area contributed by atoms with Crippen molar-refractivity contribution in [3.05, 3.63) is 34.9 Å². The third-order valence-electron chi connectivity index (χ3n) is 2.75. The molecule has 1 saturated carbocycles. The lowest BCUT2D eigenvalue weighted by atomic mass is 10.0. The molecule has 0 atom stereocenters. The van der Waals surface area contributed by atoms with Gasteiger partial charge in [0.1, 0.15) is 0 Å². The molecule has 0 amide bonds. The Bertz CT molecular complexity index is 434. The lowest BCUT2D eigenvalue weighted by Gasteiger charge is -2.04. The first-order valence-corrected chi connectivity index (χ1v) is 5.54. The van der Waals surface area contributed by atoms with Crippen LogP contribution in [0.5, 0.6) is 0 Å². The van der Waals surface area contributed by atoms with Crippen molar-refractivity contribution in [2.45, 2.75) is 32.6 Å². The number of hydrogen-bond donors (Lipinski definition) is 0. The zero-order valence-corrected chi connectivity index (χ0v) is 9.26. The fraction of sp³-hybridized carbons (Fsp3) is 0.429. The maximum absolute atomic E-state index is 12.7. The summed E-state index contributed by atoms with van der Waals surface area (Å²) in [7, 11) is 0. The molecule has 1 aliphatic rings. The maximum Gasteiger partial charge on any atom is 0.265 e. The Hall–Kier alpha value is -1.36. The number of benzene rings is 1. The topological polar surface area (TPSA) is 0 Å². The van der Waals surface area contributed by atoms with Crippen LogP contribution in [0.4, 0.5) is 8.78 Å². The summed E-state index contributed by atoms with van der Waals surface area (Å²) < 4.78 is 25.4. The van der Waals surface area contributed by atoms with Crippen LogP contribution in [0.1, 0.15) is 42.4 Å². The van der Waals surface area contributed by atoms with Gasteiger partial charge < -0.3 is 0 Å². The number of aryl methyl sites for hydroxylation is 1. The molecule has 0 saturated heterocycles. The van der Waals surface area contributed by atoms with E-state index in [2.05, 4.69) is 11.8 Å². The van der Waals surface area contributed by atoms with E-state index in [9.17, 15) is 8.78 Å². The van der Waals surface area contributed by atoms with E-state index in [1.165, 1.54) is 18.9 Å². The zero-order chi connectivity index (χ0) is 11.5. The van der Waals surface area contributed by atoms with Gasteiger partial charge in [0.15, 0.2) is 0 Å². The van der Waals surface area contributed by atoms with Crippen molar-refractivity contribution < 1.29 is 8.78 Å². The monoisotopic (exact) mass is 220 g/mol. The van der Waals surface area contributed by atoms with Gasteiger partial charge in [0, 0.05) is 17.5 Å². The molecule has 84 valence electrons. The molecule has 0 aromatic heterocycles. The van der Waals surface area contributed by atoms with Gasteiger partial charge in [-0.25, -0.2) is 8.78 Å². The van der Waals surface area contributed by atoms with Gasteiger partial charge >= 0.3 is 0 Å². The molecule has 1 aromatic rings. The Balaban J connectivity index is 2.20. The first kappa shape index (κ1) is 11.1. The van der Waals surface area contributed by atoms with Crippen molar-refractivity contribution in [1.29, 1.82) is 0 Å². The second-order valence-electron chi connectivity index (χ2n) is 4.34. The van der Waals surface area contributed by atoms with E-state index in [4.69, 9.17) is 0 Å². The van der Waals surface area contributed by atoms with Crippen LogP contribution >= 0.6 is 0 Å². The summed E-state index contributed by atoms with van der Waals surface area (Å²) in [4.78, 5) is 0. The van der Waals surface area contributed by atoms with Crippen molar-refractivity contribution in [2.75, 3.05) is 0 Å². The fourth-order valence-corrected chi connectivity index (χ4v) is 1.58. The van der Waals surface area contributed by atoms with E-state index >= 15 is 0 Å².